The minimum absolute atomic E-state index is 0.0564. The van der Waals surface area contributed by atoms with Crippen LogP contribution in [0, 0.1) is 3.57 Å². The fraction of sp³-hybridized carbons (Fsp3) is 0.200. The monoisotopic (exact) mass is 366 g/mol. The molecule has 4 heteroatoms. The fourth-order valence-electron chi connectivity index (χ4n) is 1.77. The van der Waals surface area contributed by atoms with E-state index in [2.05, 4.69) is 27.6 Å². The van der Waals surface area contributed by atoms with E-state index in [1.165, 1.54) is 0 Å². The van der Waals surface area contributed by atoms with Gasteiger partial charge >= 0.3 is 0 Å². The van der Waals surface area contributed by atoms with Crippen LogP contribution in [0.3, 0.4) is 0 Å². The van der Waals surface area contributed by atoms with Gasteiger partial charge in [-0.3, -0.25) is 9.78 Å². The molecule has 3 nitrogen and oxygen atoms in total. The van der Waals surface area contributed by atoms with Gasteiger partial charge in [-0.2, -0.15) is 0 Å². The zero-order valence-electron chi connectivity index (χ0n) is 10.7. The average molecular weight is 366 g/mol. The number of rotatable bonds is 4. The molecule has 0 saturated heterocycles. The molecule has 0 spiro atoms. The van der Waals surface area contributed by atoms with Gasteiger partial charge in [0, 0.05) is 35.5 Å². The molecule has 0 radical (unpaired) electrons. The van der Waals surface area contributed by atoms with Gasteiger partial charge in [0.15, 0.2) is 0 Å². The topological polar surface area (TPSA) is 33.2 Å². The maximum atomic E-state index is 12.3. The van der Waals surface area contributed by atoms with Crippen LogP contribution in [-0.4, -0.2) is 29.4 Å². The van der Waals surface area contributed by atoms with Crippen molar-refractivity contribution in [1.82, 2.24) is 9.88 Å². The Balaban J connectivity index is 1.99. The summed E-state index contributed by atoms with van der Waals surface area (Å²) >= 11 is 2.19. The van der Waals surface area contributed by atoms with Crippen molar-refractivity contribution in [1.29, 1.82) is 0 Å². The number of nitrogens with zero attached hydrogens (tertiary/aromatic N) is 2. The van der Waals surface area contributed by atoms with Crippen molar-refractivity contribution in [2.24, 2.45) is 0 Å². The van der Waals surface area contributed by atoms with Crippen molar-refractivity contribution in [3.63, 3.8) is 0 Å². The number of pyridine rings is 1. The summed E-state index contributed by atoms with van der Waals surface area (Å²) in [4.78, 5) is 18.3. The van der Waals surface area contributed by atoms with Gasteiger partial charge < -0.3 is 4.90 Å². The van der Waals surface area contributed by atoms with E-state index in [1.807, 2.05) is 49.5 Å². The van der Waals surface area contributed by atoms with Crippen LogP contribution < -0.4 is 0 Å². The molecule has 98 valence electrons. The number of carbonyl (C=O) groups is 1. The summed E-state index contributed by atoms with van der Waals surface area (Å²) in [5.74, 6) is 0.0564. The molecule has 1 aromatic heterocycles. The minimum Gasteiger partial charge on any atom is -0.341 e. The predicted molar refractivity (Wildman–Crippen MR) is 84.1 cm³/mol. The smallest absolute Gasteiger partial charge is 0.254 e. The lowest BCUT2D eigenvalue weighted by Crippen LogP contribution is -2.29. The molecular formula is C15H15IN2O. The molecule has 0 N–H and O–H groups in total. The third-order valence-corrected chi connectivity index (χ3v) is 3.82. The summed E-state index contributed by atoms with van der Waals surface area (Å²) in [6, 6.07) is 13.5. The summed E-state index contributed by atoms with van der Waals surface area (Å²) in [5.41, 5.74) is 1.76. The number of halogens is 1. The molecule has 0 atom stereocenters. The average Bonchev–Trinajstić information content (AvgIpc) is 2.45. The second kappa shape index (κ2) is 6.65. The van der Waals surface area contributed by atoms with Gasteiger partial charge in [0.2, 0.25) is 0 Å². The highest BCUT2D eigenvalue weighted by molar-refractivity contribution is 14.1. The summed E-state index contributed by atoms with van der Waals surface area (Å²) in [6.07, 6.45) is 2.55. The van der Waals surface area contributed by atoms with Crippen LogP contribution in [0.25, 0.3) is 0 Å². The third-order valence-electron chi connectivity index (χ3n) is 2.88. The summed E-state index contributed by atoms with van der Waals surface area (Å²) in [6.45, 7) is 0.667. The number of hydrogen-bond acceptors (Lipinski definition) is 2. The molecule has 0 fully saturated rings. The maximum Gasteiger partial charge on any atom is 0.254 e. The minimum atomic E-state index is 0.0564. The zero-order valence-corrected chi connectivity index (χ0v) is 12.9. The second-order valence-electron chi connectivity index (χ2n) is 4.28. The number of carbonyl (C=O) groups excluding carboxylic acids is 1. The Labute approximate surface area is 126 Å². The molecule has 1 heterocycles. The molecule has 19 heavy (non-hydrogen) atoms. The maximum absolute atomic E-state index is 12.3. The van der Waals surface area contributed by atoms with Gasteiger partial charge in [0.05, 0.1) is 5.56 Å². The van der Waals surface area contributed by atoms with E-state index < -0.39 is 0 Å². The Hall–Kier alpha value is -1.43. The second-order valence-corrected chi connectivity index (χ2v) is 5.44. The number of amides is 1. The van der Waals surface area contributed by atoms with E-state index >= 15 is 0 Å². The van der Waals surface area contributed by atoms with Crippen LogP contribution >= 0.6 is 22.6 Å². The predicted octanol–water partition coefficient (Wildman–Crippen LogP) is 3.00. The van der Waals surface area contributed by atoms with Crippen molar-refractivity contribution in [3.05, 3.63) is 63.5 Å². The highest BCUT2D eigenvalue weighted by Gasteiger charge is 2.13. The Morgan fingerprint density at radius 3 is 2.63 bits per heavy atom. The standard InChI is InChI=1S/C15H15IN2O/c1-18(11-9-12-6-4-5-10-17-12)15(19)13-7-2-3-8-14(13)16/h2-8,10H,9,11H2,1H3. The fourth-order valence-corrected chi connectivity index (χ4v) is 2.39. The lowest BCUT2D eigenvalue weighted by Gasteiger charge is -2.17. The van der Waals surface area contributed by atoms with E-state index in [9.17, 15) is 4.79 Å². The lowest BCUT2D eigenvalue weighted by molar-refractivity contribution is 0.0795. The van der Waals surface area contributed by atoms with Gasteiger partial charge in [-0.05, 0) is 46.9 Å². The summed E-state index contributed by atoms with van der Waals surface area (Å²) in [7, 11) is 1.83. The Morgan fingerprint density at radius 1 is 1.21 bits per heavy atom. The van der Waals surface area contributed by atoms with Crippen LogP contribution in [0.2, 0.25) is 0 Å². The van der Waals surface area contributed by atoms with Gasteiger partial charge in [-0.1, -0.05) is 18.2 Å². The van der Waals surface area contributed by atoms with Crippen LogP contribution in [0.15, 0.2) is 48.7 Å². The molecule has 1 amide bonds. The Bertz CT molecular complexity index is 557. The molecule has 0 aliphatic heterocycles. The van der Waals surface area contributed by atoms with Crippen LogP contribution in [0.1, 0.15) is 16.1 Å². The van der Waals surface area contributed by atoms with Gasteiger partial charge in [-0.25, -0.2) is 0 Å². The number of hydrogen-bond donors (Lipinski definition) is 0. The third kappa shape index (κ3) is 3.76. The van der Waals surface area contributed by atoms with Crippen molar-refractivity contribution < 1.29 is 4.79 Å². The van der Waals surface area contributed by atoms with Crippen LogP contribution in [-0.2, 0) is 6.42 Å². The molecule has 2 rings (SSSR count). The normalized spacial score (nSPS) is 10.2. The number of aromatic nitrogens is 1. The zero-order chi connectivity index (χ0) is 13.7. The quantitative estimate of drug-likeness (QED) is 0.780. The summed E-state index contributed by atoms with van der Waals surface area (Å²) < 4.78 is 0.981. The van der Waals surface area contributed by atoms with Gasteiger partial charge in [0.25, 0.3) is 5.91 Å². The van der Waals surface area contributed by atoms with Crippen molar-refractivity contribution >= 4 is 28.5 Å². The molecule has 0 aliphatic rings. The Morgan fingerprint density at radius 2 is 1.95 bits per heavy atom. The van der Waals surface area contributed by atoms with E-state index in [0.717, 1.165) is 21.2 Å². The largest absolute Gasteiger partial charge is 0.341 e. The molecule has 1 aromatic carbocycles. The first-order valence-corrected chi connectivity index (χ1v) is 7.16. The van der Waals surface area contributed by atoms with Gasteiger partial charge in [0.1, 0.15) is 0 Å². The first-order chi connectivity index (χ1) is 9.18. The SMILES string of the molecule is CN(CCc1ccccn1)C(=O)c1ccccc1I. The van der Waals surface area contributed by atoms with E-state index in [0.29, 0.717) is 6.54 Å². The van der Waals surface area contributed by atoms with E-state index in [4.69, 9.17) is 0 Å². The number of likely N-dealkylation sites (N-methyl/N-ethyl adjacent to an activating group) is 1. The Kier molecular flexibility index (Phi) is 4.90. The molecule has 0 saturated carbocycles. The number of benzene rings is 1. The molecule has 0 bridgehead atoms. The first-order valence-electron chi connectivity index (χ1n) is 6.08. The van der Waals surface area contributed by atoms with E-state index in [-0.39, 0.29) is 5.91 Å². The lowest BCUT2D eigenvalue weighted by atomic mass is 10.2. The van der Waals surface area contributed by atoms with Crippen LogP contribution in [0.5, 0.6) is 0 Å². The molecule has 0 unspecified atom stereocenters. The van der Waals surface area contributed by atoms with Crippen molar-refractivity contribution in [2.45, 2.75) is 6.42 Å². The molecule has 0 aliphatic carbocycles. The first kappa shape index (κ1) is 14.0. The van der Waals surface area contributed by atoms with Crippen molar-refractivity contribution in [2.75, 3.05) is 13.6 Å². The summed E-state index contributed by atoms with van der Waals surface area (Å²) in [5, 5.41) is 0. The highest BCUT2D eigenvalue weighted by atomic mass is 127. The molecular weight excluding hydrogens is 351 g/mol. The highest BCUT2D eigenvalue weighted by Crippen LogP contribution is 2.13. The van der Waals surface area contributed by atoms with Gasteiger partial charge in [-0.15, -0.1) is 0 Å². The van der Waals surface area contributed by atoms with Crippen LogP contribution in [0.4, 0.5) is 0 Å². The van der Waals surface area contributed by atoms with Crippen molar-refractivity contribution in [3.8, 4) is 0 Å². The van der Waals surface area contributed by atoms with E-state index in [1.54, 1.807) is 11.1 Å². The molecule has 2 aromatic rings.